The van der Waals surface area contributed by atoms with Crippen LogP contribution in [0.25, 0.3) is 0 Å². The maximum atomic E-state index is 5.44. The summed E-state index contributed by atoms with van der Waals surface area (Å²) in [6.45, 7) is 4.55. The highest BCUT2D eigenvalue weighted by Crippen LogP contribution is 2.26. The van der Waals surface area contributed by atoms with Gasteiger partial charge in [-0.15, -0.1) is 0 Å². The van der Waals surface area contributed by atoms with E-state index in [1.165, 1.54) is 96.4 Å². The molecule has 138 valence electrons. The SMILES string of the molecule is CCCCCCCCCCCCCC(CCN(C)C)CC1CO1. The molecule has 2 nitrogen and oxygen atoms in total. The van der Waals surface area contributed by atoms with Crippen LogP contribution in [0.1, 0.15) is 96.8 Å². The van der Waals surface area contributed by atoms with Gasteiger partial charge in [0.25, 0.3) is 0 Å². The molecule has 2 atom stereocenters. The first-order valence-electron chi connectivity index (χ1n) is 10.5. The highest BCUT2D eigenvalue weighted by molar-refractivity contribution is 4.75. The van der Waals surface area contributed by atoms with E-state index in [1.54, 1.807) is 0 Å². The molecule has 0 saturated carbocycles. The van der Waals surface area contributed by atoms with Gasteiger partial charge in [0, 0.05) is 0 Å². The lowest BCUT2D eigenvalue weighted by Gasteiger charge is -2.18. The Kier molecular flexibility index (Phi) is 13.0. The van der Waals surface area contributed by atoms with Crippen molar-refractivity contribution in [1.82, 2.24) is 4.90 Å². The molecule has 0 aromatic rings. The van der Waals surface area contributed by atoms with Gasteiger partial charge in [0.2, 0.25) is 0 Å². The number of epoxide rings is 1. The maximum absolute atomic E-state index is 5.44. The van der Waals surface area contributed by atoms with Gasteiger partial charge in [0.1, 0.15) is 0 Å². The molecule has 23 heavy (non-hydrogen) atoms. The molecule has 0 aromatic heterocycles. The predicted molar refractivity (Wildman–Crippen MR) is 102 cm³/mol. The highest BCUT2D eigenvalue weighted by Gasteiger charge is 2.26. The Bertz CT molecular complexity index is 250. The number of hydrogen-bond donors (Lipinski definition) is 0. The average molecular weight is 326 g/mol. The fraction of sp³-hybridized carbons (Fsp3) is 1.00. The zero-order valence-corrected chi connectivity index (χ0v) is 16.3. The molecule has 0 bridgehead atoms. The van der Waals surface area contributed by atoms with Crippen molar-refractivity contribution in [3.63, 3.8) is 0 Å². The van der Waals surface area contributed by atoms with Gasteiger partial charge in [0.15, 0.2) is 0 Å². The molecule has 1 rings (SSSR count). The summed E-state index contributed by atoms with van der Waals surface area (Å²) in [4.78, 5) is 2.32. The first-order valence-corrected chi connectivity index (χ1v) is 10.5. The van der Waals surface area contributed by atoms with E-state index in [1.807, 2.05) is 0 Å². The highest BCUT2D eigenvalue weighted by atomic mass is 16.6. The summed E-state index contributed by atoms with van der Waals surface area (Å²) < 4.78 is 5.44. The monoisotopic (exact) mass is 325 g/mol. The standard InChI is InChI=1S/C21H43NO/c1-4-5-6-7-8-9-10-11-12-13-14-15-20(16-17-22(2)3)18-21-19-23-21/h20-21H,4-19H2,1-3H3. The van der Waals surface area contributed by atoms with Crippen molar-refractivity contribution in [3.8, 4) is 0 Å². The van der Waals surface area contributed by atoms with Crippen LogP contribution in [0.2, 0.25) is 0 Å². The van der Waals surface area contributed by atoms with Crippen molar-refractivity contribution in [2.24, 2.45) is 5.92 Å². The molecule has 2 heteroatoms. The van der Waals surface area contributed by atoms with Crippen molar-refractivity contribution in [2.75, 3.05) is 27.2 Å². The van der Waals surface area contributed by atoms with E-state index in [4.69, 9.17) is 4.74 Å². The second-order valence-corrected chi connectivity index (χ2v) is 7.97. The van der Waals surface area contributed by atoms with Crippen LogP contribution in [0.5, 0.6) is 0 Å². The van der Waals surface area contributed by atoms with Crippen LogP contribution < -0.4 is 0 Å². The van der Waals surface area contributed by atoms with E-state index in [0.29, 0.717) is 6.10 Å². The topological polar surface area (TPSA) is 15.8 Å². The van der Waals surface area contributed by atoms with Crippen molar-refractivity contribution in [2.45, 2.75) is 103 Å². The summed E-state index contributed by atoms with van der Waals surface area (Å²) in [6, 6.07) is 0. The minimum Gasteiger partial charge on any atom is -0.373 e. The Hall–Kier alpha value is -0.0800. The molecule has 0 aliphatic carbocycles. The molecule has 0 aromatic carbocycles. The Labute approximate surface area is 146 Å². The van der Waals surface area contributed by atoms with Crippen LogP contribution in [-0.2, 0) is 4.74 Å². The number of hydrogen-bond acceptors (Lipinski definition) is 2. The van der Waals surface area contributed by atoms with E-state index in [2.05, 4.69) is 25.9 Å². The van der Waals surface area contributed by atoms with E-state index >= 15 is 0 Å². The van der Waals surface area contributed by atoms with Gasteiger partial charge >= 0.3 is 0 Å². The Morgan fingerprint density at radius 1 is 0.826 bits per heavy atom. The minimum absolute atomic E-state index is 0.606. The lowest BCUT2D eigenvalue weighted by Crippen LogP contribution is -2.17. The first-order chi connectivity index (χ1) is 11.2. The summed E-state index contributed by atoms with van der Waals surface area (Å²) >= 11 is 0. The molecule has 0 radical (unpaired) electrons. The fourth-order valence-corrected chi connectivity index (χ4v) is 3.49. The normalized spacial score (nSPS) is 18.5. The third-order valence-corrected chi connectivity index (χ3v) is 5.20. The van der Waals surface area contributed by atoms with Crippen LogP contribution in [-0.4, -0.2) is 38.3 Å². The molecule has 1 aliphatic heterocycles. The van der Waals surface area contributed by atoms with E-state index < -0.39 is 0 Å². The summed E-state index contributed by atoms with van der Waals surface area (Å²) in [7, 11) is 4.37. The molecular formula is C21H43NO. The molecule has 1 aliphatic rings. The van der Waals surface area contributed by atoms with Crippen LogP contribution in [0, 0.1) is 5.92 Å². The molecule has 1 fully saturated rings. The molecular weight excluding hydrogens is 282 g/mol. The summed E-state index contributed by atoms with van der Waals surface area (Å²) in [5.74, 6) is 0.892. The Morgan fingerprint density at radius 3 is 1.83 bits per heavy atom. The Balaban J connectivity index is 1.88. The zero-order valence-electron chi connectivity index (χ0n) is 16.3. The molecule has 1 heterocycles. The molecule has 2 unspecified atom stereocenters. The minimum atomic E-state index is 0.606. The zero-order chi connectivity index (χ0) is 16.8. The second-order valence-electron chi connectivity index (χ2n) is 7.97. The number of nitrogens with zero attached hydrogens (tertiary/aromatic N) is 1. The predicted octanol–water partition coefficient (Wildman–Crippen LogP) is 6.04. The molecule has 0 N–H and O–H groups in total. The number of rotatable bonds is 17. The van der Waals surface area contributed by atoms with Crippen molar-refractivity contribution in [3.05, 3.63) is 0 Å². The first kappa shape index (κ1) is 21.0. The van der Waals surface area contributed by atoms with E-state index in [9.17, 15) is 0 Å². The van der Waals surface area contributed by atoms with Crippen LogP contribution >= 0.6 is 0 Å². The van der Waals surface area contributed by atoms with Crippen LogP contribution in [0.15, 0.2) is 0 Å². The summed E-state index contributed by atoms with van der Waals surface area (Å²) in [5, 5.41) is 0. The van der Waals surface area contributed by atoms with Gasteiger partial charge in [-0.05, 0) is 39.4 Å². The van der Waals surface area contributed by atoms with Gasteiger partial charge in [-0.1, -0.05) is 84.0 Å². The number of ether oxygens (including phenoxy) is 1. The summed E-state index contributed by atoms with van der Waals surface area (Å²) in [5.41, 5.74) is 0. The maximum Gasteiger partial charge on any atom is 0.0812 e. The summed E-state index contributed by atoms with van der Waals surface area (Å²) in [6.07, 6.45) is 20.6. The van der Waals surface area contributed by atoms with E-state index in [-0.39, 0.29) is 0 Å². The second kappa shape index (κ2) is 14.3. The fourth-order valence-electron chi connectivity index (χ4n) is 3.49. The van der Waals surface area contributed by atoms with Gasteiger partial charge in [-0.25, -0.2) is 0 Å². The molecule has 0 spiro atoms. The van der Waals surface area contributed by atoms with Crippen molar-refractivity contribution in [1.29, 1.82) is 0 Å². The average Bonchev–Trinajstić information content (AvgIpc) is 3.34. The Morgan fingerprint density at radius 2 is 1.35 bits per heavy atom. The quantitative estimate of drug-likeness (QED) is 0.239. The van der Waals surface area contributed by atoms with Gasteiger partial charge in [0.05, 0.1) is 12.7 Å². The third kappa shape index (κ3) is 14.0. The third-order valence-electron chi connectivity index (χ3n) is 5.20. The van der Waals surface area contributed by atoms with Crippen molar-refractivity contribution < 1.29 is 4.74 Å². The van der Waals surface area contributed by atoms with E-state index in [0.717, 1.165) is 12.5 Å². The van der Waals surface area contributed by atoms with Crippen LogP contribution in [0.4, 0.5) is 0 Å². The van der Waals surface area contributed by atoms with Gasteiger partial charge in [-0.3, -0.25) is 0 Å². The van der Waals surface area contributed by atoms with Crippen LogP contribution in [0.3, 0.4) is 0 Å². The molecule has 0 amide bonds. The smallest absolute Gasteiger partial charge is 0.0812 e. The largest absolute Gasteiger partial charge is 0.373 e. The van der Waals surface area contributed by atoms with Crippen molar-refractivity contribution >= 4 is 0 Å². The van der Waals surface area contributed by atoms with Gasteiger partial charge in [-0.2, -0.15) is 0 Å². The lowest BCUT2D eigenvalue weighted by molar-refractivity contribution is 0.290. The lowest BCUT2D eigenvalue weighted by atomic mass is 9.92. The number of unbranched alkanes of at least 4 members (excludes halogenated alkanes) is 10. The van der Waals surface area contributed by atoms with Gasteiger partial charge < -0.3 is 9.64 Å². The molecule has 1 saturated heterocycles.